The maximum absolute atomic E-state index is 13.0. The highest BCUT2D eigenvalue weighted by atomic mass is 19.1. The zero-order valence-corrected chi connectivity index (χ0v) is 9.11. The van der Waals surface area contributed by atoms with E-state index in [1.54, 1.807) is 11.9 Å². The number of anilines is 1. The van der Waals surface area contributed by atoms with E-state index in [1.807, 2.05) is 0 Å². The van der Waals surface area contributed by atoms with Crippen molar-refractivity contribution in [1.82, 2.24) is 9.88 Å². The van der Waals surface area contributed by atoms with Gasteiger partial charge in [0.05, 0.1) is 11.8 Å². The molecule has 1 amide bonds. The Hall–Kier alpha value is -1.65. The average Bonchev–Trinajstić information content (AvgIpc) is 3.04. The van der Waals surface area contributed by atoms with E-state index in [4.69, 9.17) is 5.73 Å². The molecule has 0 unspecified atom stereocenters. The number of rotatable bonds is 3. The monoisotopic (exact) mass is 223 g/mol. The molecule has 86 valence electrons. The second kappa shape index (κ2) is 4.08. The van der Waals surface area contributed by atoms with Crippen LogP contribution in [0.25, 0.3) is 0 Å². The summed E-state index contributed by atoms with van der Waals surface area (Å²) < 4.78 is 13.0. The van der Waals surface area contributed by atoms with Gasteiger partial charge in [-0.15, -0.1) is 0 Å². The predicted octanol–water partition coefficient (Wildman–Crippen LogP) is 1.28. The van der Waals surface area contributed by atoms with Gasteiger partial charge in [-0.25, -0.2) is 9.37 Å². The molecule has 0 aliphatic heterocycles. The Bertz CT molecular complexity index is 418. The van der Waals surface area contributed by atoms with Gasteiger partial charge in [0.2, 0.25) is 0 Å². The summed E-state index contributed by atoms with van der Waals surface area (Å²) in [6.07, 6.45) is 3.33. The quantitative estimate of drug-likeness (QED) is 0.839. The molecule has 0 aromatic carbocycles. The van der Waals surface area contributed by atoms with Crippen LogP contribution in [0.5, 0.6) is 0 Å². The molecule has 16 heavy (non-hydrogen) atoms. The number of amides is 1. The minimum Gasteiger partial charge on any atom is -0.383 e. The van der Waals surface area contributed by atoms with E-state index in [9.17, 15) is 9.18 Å². The third kappa shape index (κ3) is 2.29. The number of nitrogens with two attached hydrogens (primary N) is 1. The fraction of sp³-hybridized carbons (Fsp3) is 0.455. The van der Waals surface area contributed by atoms with Gasteiger partial charge in [-0.1, -0.05) is 0 Å². The van der Waals surface area contributed by atoms with Gasteiger partial charge in [0.25, 0.3) is 5.91 Å². The molecule has 1 aromatic heterocycles. The summed E-state index contributed by atoms with van der Waals surface area (Å²) >= 11 is 0. The number of pyridine rings is 1. The Balaban J connectivity index is 2.14. The summed E-state index contributed by atoms with van der Waals surface area (Å²) in [5, 5.41) is 0. The molecule has 1 fully saturated rings. The molecule has 1 aliphatic rings. The number of nitrogen functional groups attached to an aromatic ring is 1. The van der Waals surface area contributed by atoms with Gasteiger partial charge in [0, 0.05) is 13.6 Å². The van der Waals surface area contributed by atoms with E-state index < -0.39 is 5.82 Å². The van der Waals surface area contributed by atoms with Crippen molar-refractivity contribution in [3.63, 3.8) is 0 Å². The first-order chi connectivity index (χ1) is 7.58. The summed E-state index contributed by atoms with van der Waals surface area (Å²) in [6, 6.07) is 1.13. The SMILES string of the molecule is CN(CC1CC1)C(=O)c1cc(F)cnc1N. The maximum Gasteiger partial charge on any atom is 0.257 e. The van der Waals surface area contributed by atoms with E-state index >= 15 is 0 Å². The maximum atomic E-state index is 13.0. The molecule has 0 radical (unpaired) electrons. The van der Waals surface area contributed by atoms with Crippen molar-refractivity contribution in [2.24, 2.45) is 5.92 Å². The third-order valence-electron chi connectivity index (χ3n) is 2.69. The van der Waals surface area contributed by atoms with Gasteiger partial charge in [0.15, 0.2) is 0 Å². The van der Waals surface area contributed by atoms with Crippen molar-refractivity contribution in [3.05, 3.63) is 23.6 Å². The summed E-state index contributed by atoms with van der Waals surface area (Å²) in [5.41, 5.74) is 5.69. The average molecular weight is 223 g/mol. The van der Waals surface area contributed by atoms with Crippen LogP contribution in [0, 0.1) is 11.7 Å². The van der Waals surface area contributed by atoms with Crippen molar-refractivity contribution in [3.8, 4) is 0 Å². The highest BCUT2D eigenvalue weighted by Gasteiger charge is 2.26. The fourth-order valence-corrected chi connectivity index (χ4v) is 1.60. The molecule has 1 heterocycles. The summed E-state index contributed by atoms with van der Waals surface area (Å²) in [5.74, 6) is -0.139. The van der Waals surface area contributed by atoms with Crippen LogP contribution in [-0.4, -0.2) is 29.4 Å². The van der Waals surface area contributed by atoms with Crippen LogP contribution >= 0.6 is 0 Å². The summed E-state index contributed by atoms with van der Waals surface area (Å²) in [7, 11) is 1.70. The lowest BCUT2D eigenvalue weighted by atomic mass is 10.2. The lowest BCUT2D eigenvalue weighted by Gasteiger charge is -2.17. The molecular formula is C11H14FN3O. The van der Waals surface area contributed by atoms with Crippen molar-refractivity contribution in [1.29, 1.82) is 0 Å². The molecule has 1 saturated carbocycles. The smallest absolute Gasteiger partial charge is 0.257 e. The first-order valence-corrected chi connectivity index (χ1v) is 5.24. The normalized spacial score (nSPS) is 14.9. The first kappa shape index (κ1) is 10.9. The van der Waals surface area contributed by atoms with Crippen LogP contribution in [0.1, 0.15) is 23.2 Å². The van der Waals surface area contributed by atoms with Crippen LogP contribution in [0.3, 0.4) is 0 Å². The van der Waals surface area contributed by atoms with E-state index in [0.717, 1.165) is 25.1 Å². The molecule has 2 rings (SSSR count). The van der Waals surface area contributed by atoms with E-state index in [-0.39, 0.29) is 17.3 Å². The second-order valence-electron chi connectivity index (χ2n) is 4.22. The summed E-state index contributed by atoms with van der Waals surface area (Å²) in [6.45, 7) is 0.703. The number of carbonyl (C=O) groups is 1. The van der Waals surface area contributed by atoms with Crippen LogP contribution in [0.2, 0.25) is 0 Å². The Labute approximate surface area is 93.3 Å². The van der Waals surface area contributed by atoms with Crippen LogP contribution < -0.4 is 5.73 Å². The lowest BCUT2D eigenvalue weighted by Crippen LogP contribution is -2.29. The van der Waals surface area contributed by atoms with Gasteiger partial charge in [-0.05, 0) is 24.8 Å². The van der Waals surface area contributed by atoms with Crippen LogP contribution in [-0.2, 0) is 0 Å². The third-order valence-corrected chi connectivity index (χ3v) is 2.69. The largest absolute Gasteiger partial charge is 0.383 e. The Morgan fingerprint density at radius 1 is 1.69 bits per heavy atom. The molecule has 1 aliphatic carbocycles. The Kier molecular flexibility index (Phi) is 2.77. The number of halogens is 1. The van der Waals surface area contributed by atoms with Gasteiger partial charge in [0.1, 0.15) is 11.6 Å². The molecule has 0 saturated heterocycles. The number of hydrogen-bond acceptors (Lipinski definition) is 3. The van der Waals surface area contributed by atoms with Gasteiger partial charge < -0.3 is 10.6 Å². The zero-order chi connectivity index (χ0) is 11.7. The second-order valence-corrected chi connectivity index (χ2v) is 4.22. The van der Waals surface area contributed by atoms with E-state index in [2.05, 4.69) is 4.98 Å². The lowest BCUT2D eigenvalue weighted by molar-refractivity contribution is 0.0789. The summed E-state index contributed by atoms with van der Waals surface area (Å²) in [4.78, 5) is 17.1. The van der Waals surface area contributed by atoms with Gasteiger partial charge in [-0.2, -0.15) is 0 Å². The Morgan fingerprint density at radius 3 is 3.00 bits per heavy atom. The highest BCUT2D eigenvalue weighted by Crippen LogP contribution is 2.29. The fourth-order valence-electron chi connectivity index (χ4n) is 1.60. The minimum atomic E-state index is -0.544. The van der Waals surface area contributed by atoms with Gasteiger partial charge in [-0.3, -0.25) is 4.79 Å². The molecule has 0 spiro atoms. The molecule has 5 heteroatoms. The molecular weight excluding hydrogens is 209 g/mol. The van der Waals surface area contributed by atoms with Crippen molar-refractivity contribution in [2.45, 2.75) is 12.8 Å². The molecule has 1 aromatic rings. The Morgan fingerprint density at radius 2 is 2.38 bits per heavy atom. The van der Waals surface area contributed by atoms with Crippen LogP contribution in [0.4, 0.5) is 10.2 Å². The first-order valence-electron chi connectivity index (χ1n) is 5.24. The number of carbonyl (C=O) groups excluding carboxylic acids is 1. The topological polar surface area (TPSA) is 59.2 Å². The van der Waals surface area contributed by atoms with Crippen molar-refractivity contribution >= 4 is 11.7 Å². The predicted molar refractivity (Wildman–Crippen MR) is 58.3 cm³/mol. The molecule has 4 nitrogen and oxygen atoms in total. The number of aromatic nitrogens is 1. The zero-order valence-electron chi connectivity index (χ0n) is 9.11. The number of nitrogens with zero attached hydrogens (tertiary/aromatic N) is 2. The standard InChI is InChI=1S/C11H14FN3O/c1-15(6-7-2-3-7)11(16)9-4-8(12)5-14-10(9)13/h4-5,7H,2-3,6H2,1H3,(H2,13,14). The van der Waals surface area contributed by atoms with Gasteiger partial charge >= 0.3 is 0 Å². The van der Waals surface area contributed by atoms with E-state index in [0.29, 0.717) is 12.5 Å². The van der Waals surface area contributed by atoms with Crippen LogP contribution in [0.15, 0.2) is 12.3 Å². The molecule has 0 bridgehead atoms. The van der Waals surface area contributed by atoms with E-state index in [1.165, 1.54) is 0 Å². The van der Waals surface area contributed by atoms with Crippen molar-refractivity contribution < 1.29 is 9.18 Å². The molecule has 0 atom stereocenters. The minimum absolute atomic E-state index is 0.0778. The van der Waals surface area contributed by atoms with Crippen molar-refractivity contribution in [2.75, 3.05) is 19.3 Å². The number of hydrogen-bond donors (Lipinski definition) is 1. The molecule has 2 N–H and O–H groups in total. The highest BCUT2D eigenvalue weighted by molar-refractivity contribution is 5.98.